The first-order chi connectivity index (χ1) is 8.41. The largest absolute Gasteiger partial charge is 0.381 e. The van der Waals surface area contributed by atoms with Crippen LogP contribution in [0.25, 0.3) is 0 Å². The number of aromatic nitrogens is 2. The highest BCUT2D eigenvalue weighted by atomic mass is 32.2. The van der Waals surface area contributed by atoms with E-state index in [1.165, 1.54) is 15.2 Å². The Morgan fingerprint density at radius 3 is 2.56 bits per heavy atom. The molecule has 0 spiro atoms. The fraction of sp³-hybridized carbons (Fsp3) is 0.700. The van der Waals surface area contributed by atoms with Crippen LogP contribution >= 0.6 is 0 Å². The van der Waals surface area contributed by atoms with Gasteiger partial charge in [-0.1, -0.05) is 0 Å². The molecule has 0 aromatic carbocycles. The lowest BCUT2D eigenvalue weighted by molar-refractivity contribution is 0.347. The van der Waals surface area contributed by atoms with Gasteiger partial charge in [0.15, 0.2) is 5.82 Å². The van der Waals surface area contributed by atoms with Crippen LogP contribution in [0.15, 0.2) is 11.1 Å². The van der Waals surface area contributed by atoms with Gasteiger partial charge in [0.1, 0.15) is 4.90 Å². The molecule has 2 heterocycles. The number of nitrogen functional groups attached to an aromatic ring is 1. The van der Waals surface area contributed by atoms with Crippen LogP contribution in [-0.2, 0) is 17.1 Å². The Hall–Kier alpha value is -1.12. The molecule has 1 aliphatic heterocycles. The fourth-order valence-corrected chi connectivity index (χ4v) is 3.65. The summed E-state index contributed by atoms with van der Waals surface area (Å²) >= 11 is 0. The molecule has 1 aromatic heterocycles. The Labute approximate surface area is 107 Å². The van der Waals surface area contributed by atoms with E-state index in [1.807, 2.05) is 7.05 Å². The van der Waals surface area contributed by atoms with Crippen LogP contribution < -0.4 is 5.73 Å². The van der Waals surface area contributed by atoms with Gasteiger partial charge in [0.2, 0.25) is 10.0 Å². The molecular formula is C10H19N5O2S. The van der Waals surface area contributed by atoms with Crippen LogP contribution in [0.3, 0.4) is 0 Å². The van der Waals surface area contributed by atoms with E-state index in [-0.39, 0.29) is 10.7 Å². The number of rotatable bonds is 2. The molecule has 1 fully saturated rings. The third kappa shape index (κ3) is 2.50. The van der Waals surface area contributed by atoms with E-state index < -0.39 is 10.0 Å². The van der Waals surface area contributed by atoms with Gasteiger partial charge < -0.3 is 10.6 Å². The number of hydrogen-bond acceptors (Lipinski definition) is 5. The van der Waals surface area contributed by atoms with Crippen molar-refractivity contribution in [2.45, 2.75) is 11.3 Å². The highest BCUT2D eigenvalue weighted by Gasteiger charge is 2.29. The molecule has 1 saturated heterocycles. The zero-order valence-corrected chi connectivity index (χ0v) is 11.5. The van der Waals surface area contributed by atoms with Crippen molar-refractivity contribution in [2.24, 2.45) is 7.05 Å². The zero-order valence-electron chi connectivity index (χ0n) is 10.7. The SMILES string of the molecule is CN1CCCN(S(=O)(=O)c2cn(C)nc2N)CC1. The summed E-state index contributed by atoms with van der Waals surface area (Å²) in [5, 5.41) is 3.89. The summed E-state index contributed by atoms with van der Waals surface area (Å²) in [6, 6.07) is 0. The Kier molecular flexibility index (Phi) is 3.60. The fourth-order valence-electron chi connectivity index (χ4n) is 2.08. The number of nitrogens with zero attached hydrogens (tertiary/aromatic N) is 4. The number of likely N-dealkylation sites (N-methyl/N-ethyl adjacent to an activating group) is 1. The third-order valence-electron chi connectivity index (χ3n) is 3.12. The number of hydrogen-bond donors (Lipinski definition) is 1. The van der Waals surface area contributed by atoms with Crippen LogP contribution in [0, 0.1) is 0 Å². The van der Waals surface area contributed by atoms with E-state index in [1.54, 1.807) is 7.05 Å². The molecule has 0 aliphatic carbocycles. The van der Waals surface area contributed by atoms with E-state index in [2.05, 4.69) is 10.00 Å². The van der Waals surface area contributed by atoms with Gasteiger partial charge in [0, 0.05) is 32.9 Å². The highest BCUT2D eigenvalue weighted by molar-refractivity contribution is 7.89. The average Bonchev–Trinajstić information content (AvgIpc) is 2.49. The van der Waals surface area contributed by atoms with Crippen molar-refractivity contribution < 1.29 is 8.42 Å². The molecule has 0 amide bonds. The maximum atomic E-state index is 12.5. The van der Waals surface area contributed by atoms with Crippen molar-refractivity contribution in [1.82, 2.24) is 19.0 Å². The molecule has 0 atom stereocenters. The molecule has 2 N–H and O–H groups in total. The lowest BCUT2D eigenvalue weighted by atomic mass is 10.4. The topological polar surface area (TPSA) is 84.5 Å². The second-order valence-corrected chi connectivity index (χ2v) is 6.52. The number of nitrogens with two attached hydrogens (primary N) is 1. The van der Waals surface area contributed by atoms with Gasteiger partial charge in [-0.05, 0) is 20.0 Å². The zero-order chi connectivity index (χ0) is 13.3. The summed E-state index contributed by atoms with van der Waals surface area (Å²) < 4.78 is 27.8. The van der Waals surface area contributed by atoms with Gasteiger partial charge in [-0.3, -0.25) is 4.68 Å². The van der Waals surface area contributed by atoms with Gasteiger partial charge in [0.25, 0.3) is 0 Å². The molecule has 2 rings (SSSR count). The molecule has 102 valence electrons. The first kappa shape index (κ1) is 13.3. The average molecular weight is 273 g/mol. The van der Waals surface area contributed by atoms with Crippen molar-refractivity contribution in [3.63, 3.8) is 0 Å². The molecule has 0 unspecified atom stereocenters. The van der Waals surface area contributed by atoms with E-state index in [4.69, 9.17) is 5.73 Å². The quantitative estimate of drug-likeness (QED) is 0.772. The van der Waals surface area contributed by atoms with Crippen LogP contribution in [0.4, 0.5) is 5.82 Å². The molecule has 1 aromatic rings. The molecule has 1 aliphatic rings. The Balaban J connectivity index is 2.28. The molecule has 0 radical (unpaired) electrons. The lowest BCUT2D eigenvalue weighted by Crippen LogP contribution is -2.34. The van der Waals surface area contributed by atoms with E-state index in [0.717, 1.165) is 19.5 Å². The molecule has 18 heavy (non-hydrogen) atoms. The smallest absolute Gasteiger partial charge is 0.248 e. The Morgan fingerprint density at radius 1 is 1.22 bits per heavy atom. The number of aryl methyl sites for hydroxylation is 1. The van der Waals surface area contributed by atoms with Gasteiger partial charge in [-0.15, -0.1) is 0 Å². The number of anilines is 1. The van der Waals surface area contributed by atoms with Crippen LogP contribution in [0.5, 0.6) is 0 Å². The van der Waals surface area contributed by atoms with Gasteiger partial charge >= 0.3 is 0 Å². The minimum absolute atomic E-state index is 0.0649. The maximum absolute atomic E-state index is 12.5. The third-order valence-corrected chi connectivity index (χ3v) is 5.03. The predicted octanol–water partition coefficient (Wildman–Crippen LogP) is -0.671. The minimum atomic E-state index is -3.52. The molecule has 7 nitrogen and oxygen atoms in total. The predicted molar refractivity (Wildman–Crippen MR) is 68.5 cm³/mol. The molecule has 0 bridgehead atoms. The van der Waals surface area contributed by atoms with Gasteiger partial charge in [-0.2, -0.15) is 9.40 Å². The number of sulfonamides is 1. The monoisotopic (exact) mass is 273 g/mol. The van der Waals surface area contributed by atoms with Gasteiger partial charge in [0.05, 0.1) is 0 Å². The van der Waals surface area contributed by atoms with Gasteiger partial charge in [-0.25, -0.2) is 8.42 Å². The van der Waals surface area contributed by atoms with Crippen LogP contribution in [0.1, 0.15) is 6.42 Å². The second kappa shape index (κ2) is 4.87. The summed E-state index contributed by atoms with van der Waals surface area (Å²) in [5.41, 5.74) is 5.65. The summed E-state index contributed by atoms with van der Waals surface area (Å²) in [5.74, 6) is 0.0649. The Bertz CT molecular complexity index is 524. The van der Waals surface area contributed by atoms with Crippen LogP contribution in [-0.4, -0.2) is 60.6 Å². The van der Waals surface area contributed by atoms with Crippen molar-refractivity contribution in [3.8, 4) is 0 Å². The van der Waals surface area contributed by atoms with E-state index >= 15 is 0 Å². The van der Waals surface area contributed by atoms with Crippen molar-refractivity contribution in [2.75, 3.05) is 39.0 Å². The summed E-state index contributed by atoms with van der Waals surface area (Å²) in [6.07, 6.45) is 2.29. The maximum Gasteiger partial charge on any atom is 0.248 e. The van der Waals surface area contributed by atoms with Crippen LogP contribution in [0.2, 0.25) is 0 Å². The molecule has 0 saturated carbocycles. The first-order valence-corrected chi connectivity index (χ1v) is 7.33. The van der Waals surface area contributed by atoms with Crippen molar-refractivity contribution in [3.05, 3.63) is 6.20 Å². The molecular weight excluding hydrogens is 254 g/mol. The lowest BCUT2D eigenvalue weighted by Gasteiger charge is -2.19. The summed E-state index contributed by atoms with van der Waals surface area (Å²) in [4.78, 5) is 2.23. The normalized spacial score (nSPS) is 19.9. The summed E-state index contributed by atoms with van der Waals surface area (Å²) in [6.45, 7) is 2.67. The standard InChI is InChI=1S/C10H19N5O2S/c1-13-4-3-5-15(7-6-13)18(16,17)9-8-14(2)12-10(9)11/h8H,3-7H2,1-2H3,(H2,11,12). The summed E-state index contributed by atoms with van der Waals surface area (Å²) in [7, 11) is 0.133. The second-order valence-electron chi connectivity index (χ2n) is 4.61. The molecule has 8 heteroatoms. The van der Waals surface area contributed by atoms with Crippen molar-refractivity contribution in [1.29, 1.82) is 0 Å². The van der Waals surface area contributed by atoms with Crippen molar-refractivity contribution >= 4 is 15.8 Å². The Morgan fingerprint density at radius 2 is 1.94 bits per heavy atom. The van der Waals surface area contributed by atoms with E-state index in [0.29, 0.717) is 13.1 Å². The minimum Gasteiger partial charge on any atom is -0.381 e. The first-order valence-electron chi connectivity index (χ1n) is 5.89. The highest BCUT2D eigenvalue weighted by Crippen LogP contribution is 2.21. The van der Waals surface area contributed by atoms with E-state index in [9.17, 15) is 8.42 Å².